The lowest BCUT2D eigenvalue weighted by Gasteiger charge is -2.12. The van der Waals surface area contributed by atoms with Gasteiger partial charge in [0.1, 0.15) is 5.75 Å². The van der Waals surface area contributed by atoms with Crippen LogP contribution in [0.25, 0.3) is 33.3 Å². The van der Waals surface area contributed by atoms with Crippen LogP contribution < -0.4 is 4.74 Å². The molecule has 0 N–H and O–H groups in total. The van der Waals surface area contributed by atoms with Crippen molar-refractivity contribution in [1.82, 2.24) is 9.97 Å². The zero-order valence-corrected chi connectivity index (χ0v) is 14.4. The van der Waals surface area contributed by atoms with Crippen LogP contribution in [0.5, 0.6) is 5.75 Å². The van der Waals surface area contributed by atoms with E-state index in [1.54, 1.807) is 19.5 Å². The fourth-order valence-electron chi connectivity index (χ4n) is 3.03. The topological polar surface area (TPSA) is 35.0 Å². The quantitative estimate of drug-likeness (QED) is 0.482. The lowest BCUT2D eigenvalue weighted by atomic mass is 9.99. The van der Waals surface area contributed by atoms with Crippen molar-refractivity contribution < 1.29 is 4.74 Å². The standard InChI is InChI=1S/C21H15ClN2O/c1-25-19-9-5-3-6-15(19)14-10-12-23-20-16(14)11-13-24-21(20)17-7-2-4-8-18(17)22/h2-13H,1H3. The molecule has 0 spiro atoms. The zero-order valence-electron chi connectivity index (χ0n) is 13.6. The molecular weight excluding hydrogens is 332 g/mol. The highest BCUT2D eigenvalue weighted by Gasteiger charge is 2.14. The minimum atomic E-state index is 0.659. The lowest BCUT2D eigenvalue weighted by Crippen LogP contribution is -1.93. The third kappa shape index (κ3) is 2.73. The van der Waals surface area contributed by atoms with Crippen molar-refractivity contribution in [3.05, 3.63) is 78.1 Å². The highest BCUT2D eigenvalue weighted by molar-refractivity contribution is 6.33. The van der Waals surface area contributed by atoms with Gasteiger partial charge in [0, 0.05) is 28.9 Å². The van der Waals surface area contributed by atoms with Gasteiger partial charge < -0.3 is 4.74 Å². The Balaban J connectivity index is 2.01. The summed E-state index contributed by atoms with van der Waals surface area (Å²) in [7, 11) is 1.68. The van der Waals surface area contributed by atoms with E-state index in [0.29, 0.717) is 5.02 Å². The van der Waals surface area contributed by atoms with Crippen LogP contribution in [-0.4, -0.2) is 17.1 Å². The predicted octanol–water partition coefficient (Wildman–Crippen LogP) is 5.63. The zero-order chi connectivity index (χ0) is 17.2. The summed E-state index contributed by atoms with van der Waals surface area (Å²) in [6.45, 7) is 0. The van der Waals surface area contributed by atoms with Crippen LogP contribution in [0.3, 0.4) is 0 Å². The molecule has 25 heavy (non-hydrogen) atoms. The van der Waals surface area contributed by atoms with Gasteiger partial charge in [0.25, 0.3) is 0 Å². The van der Waals surface area contributed by atoms with Crippen molar-refractivity contribution in [2.24, 2.45) is 0 Å². The smallest absolute Gasteiger partial charge is 0.126 e. The molecule has 0 aliphatic carbocycles. The van der Waals surface area contributed by atoms with Crippen molar-refractivity contribution in [2.45, 2.75) is 0 Å². The van der Waals surface area contributed by atoms with Gasteiger partial charge in [-0.3, -0.25) is 9.97 Å². The monoisotopic (exact) mass is 346 g/mol. The fourth-order valence-corrected chi connectivity index (χ4v) is 3.26. The number of benzene rings is 2. The Labute approximate surface area is 150 Å². The number of fused-ring (bicyclic) bond motifs is 1. The summed E-state index contributed by atoms with van der Waals surface area (Å²) >= 11 is 6.38. The van der Waals surface area contributed by atoms with E-state index in [9.17, 15) is 0 Å². The molecule has 0 saturated heterocycles. The average Bonchev–Trinajstić information content (AvgIpc) is 2.67. The third-order valence-electron chi connectivity index (χ3n) is 4.19. The Morgan fingerprint density at radius 3 is 2.28 bits per heavy atom. The van der Waals surface area contributed by atoms with Crippen molar-refractivity contribution >= 4 is 22.5 Å². The molecule has 4 rings (SSSR count). The SMILES string of the molecule is COc1ccccc1-c1ccnc2c(-c3ccccc3Cl)nccc12. The average molecular weight is 347 g/mol. The Morgan fingerprint density at radius 1 is 0.760 bits per heavy atom. The number of para-hydroxylation sites is 1. The number of aromatic nitrogens is 2. The summed E-state index contributed by atoms with van der Waals surface area (Å²) in [5.74, 6) is 0.825. The summed E-state index contributed by atoms with van der Waals surface area (Å²) in [4.78, 5) is 9.12. The molecule has 0 atom stereocenters. The van der Waals surface area contributed by atoms with Gasteiger partial charge in [-0.2, -0.15) is 0 Å². The molecule has 3 nitrogen and oxygen atoms in total. The number of hydrogen-bond donors (Lipinski definition) is 0. The second-order valence-corrected chi connectivity index (χ2v) is 6.00. The first-order chi connectivity index (χ1) is 12.3. The first-order valence-corrected chi connectivity index (χ1v) is 8.29. The van der Waals surface area contributed by atoms with Crippen molar-refractivity contribution in [2.75, 3.05) is 7.11 Å². The molecule has 0 fully saturated rings. The molecule has 0 amide bonds. The molecule has 2 aromatic carbocycles. The molecule has 122 valence electrons. The molecule has 4 aromatic rings. The number of pyridine rings is 2. The van der Waals surface area contributed by atoms with E-state index in [0.717, 1.165) is 39.0 Å². The maximum Gasteiger partial charge on any atom is 0.126 e. The first kappa shape index (κ1) is 15.6. The summed E-state index contributed by atoms with van der Waals surface area (Å²) in [5.41, 5.74) is 4.55. The number of methoxy groups -OCH3 is 1. The van der Waals surface area contributed by atoms with E-state index in [1.807, 2.05) is 60.7 Å². The summed E-state index contributed by atoms with van der Waals surface area (Å²) in [6.07, 6.45) is 3.59. The Hall–Kier alpha value is -2.91. The van der Waals surface area contributed by atoms with Crippen molar-refractivity contribution in [1.29, 1.82) is 0 Å². The number of rotatable bonds is 3. The Kier molecular flexibility index (Phi) is 4.08. The van der Waals surface area contributed by atoms with Crippen LogP contribution in [0.4, 0.5) is 0 Å². The molecule has 0 unspecified atom stereocenters. The molecule has 4 heteroatoms. The molecule has 0 saturated carbocycles. The van der Waals surface area contributed by atoms with Gasteiger partial charge in [-0.25, -0.2) is 0 Å². The lowest BCUT2D eigenvalue weighted by molar-refractivity contribution is 0.416. The number of halogens is 1. The number of hydrogen-bond acceptors (Lipinski definition) is 3. The minimum absolute atomic E-state index is 0.659. The van der Waals surface area contributed by atoms with Gasteiger partial charge in [-0.15, -0.1) is 0 Å². The molecule has 2 aromatic heterocycles. The van der Waals surface area contributed by atoms with Crippen LogP contribution in [-0.2, 0) is 0 Å². The van der Waals surface area contributed by atoms with Gasteiger partial charge in [-0.05, 0) is 29.8 Å². The van der Waals surface area contributed by atoms with E-state index in [1.165, 1.54) is 0 Å². The second-order valence-electron chi connectivity index (χ2n) is 5.59. The maximum atomic E-state index is 6.38. The predicted molar refractivity (Wildman–Crippen MR) is 102 cm³/mol. The second kappa shape index (κ2) is 6.54. The molecule has 0 aliphatic heterocycles. The van der Waals surface area contributed by atoms with Crippen LogP contribution in [0.2, 0.25) is 5.02 Å². The third-order valence-corrected chi connectivity index (χ3v) is 4.51. The summed E-state index contributed by atoms with van der Waals surface area (Å²) in [6, 6.07) is 19.6. The molecule has 0 radical (unpaired) electrons. The van der Waals surface area contributed by atoms with E-state index in [4.69, 9.17) is 16.3 Å². The van der Waals surface area contributed by atoms with Gasteiger partial charge in [0.15, 0.2) is 0 Å². The first-order valence-electron chi connectivity index (χ1n) is 7.91. The largest absolute Gasteiger partial charge is 0.496 e. The van der Waals surface area contributed by atoms with E-state index in [2.05, 4.69) is 9.97 Å². The summed E-state index contributed by atoms with van der Waals surface area (Å²) in [5, 5.41) is 1.67. The Bertz CT molecular complexity index is 1060. The number of ether oxygens (including phenoxy) is 1. The van der Waals surface area contributed by atoms with Gasteiger partial charge in [0.05, 0.1) is 23.3 Å². The highest BCUT2D eigenvalue weighted by Crippen LogP contribution is 2.37. The van der Waals surface area contributed by atoms with E-state index >= 15 is 0 Å². The van der Waals surface area contributed by atoms with Crippen LogP contribution in [0.15, 0.2) is 73.1 Å². The van der Waals surface area contributed by atoms with Crippen molar-refractivity contribution in [3.63, 3.8) is 0 Å². The minimum Gasteiger partial charge on any atom is -0.496 e. The van der Waals surface area contributed by atoms with Crippen LogP contribution in [0, 0.1) is 0 Å². The van der Waals surface area contributed by atoms with E-state index in [-0.39, 0.29) is 0 Å². The van der Waals surface area contributed by atoms with Gasteiger partial charge in [-0.1, -0.05) is 48.0 Å². The van der Waals surface area contributed by atoms with Crippen LogP contribution in [0.1, 0.15) is 0 Å². The number of nitrogens with zero attached hydrogens (tertiary/aromatic N) is 2. The molecule has 0 bridgehead atoms. The Morgan fingerprint density at radius 2 is 1.48 bits per heavy atom. The highest BCUT2D eigenvalue weighted by atomic mass is 35.5. The van der Waals surface area contributed by atoms with Gasteiger partial charge >= 0.3 is 0 Å². The molecular formula is C21H15ClN2O. The van der Waals surface area contributed by atoms with Crippen LogP contribution >= 0.6 is 11.6 Å². The van der Waals surface area contributed by atoms with E-state index < -0.39 is 0 Å². The maximum absolute atomic E-state index is 6.38. The van der Waals surface area contributed by atoms with Crippen molar-refractivity contribution in [3.8, 4) is 28.1 Å². The fraction of sp³-hybridized carbons (Fsp3) is 0.0476. The normalized spacial score (nSPS) is 10.8. The summed E-state index contributed by atoms with van der Waals surface area (Å²) < 4.78 is 5.53. The molecule has 0 aliphatic rings. The van der Waals surface area contributed by atoms with Gasteiger partial charge in [0.2, 0.25) is 0 Å². The molecule has 2 heterocycles.